The van der Waals surface area contributed by atoms with Gasteiger partial charge in [-0.2, -0.15) is 5.10 Å². The molecule has 88 valence electrons. The van der Waals surface area contributed by atoms with E-state index in [1.165, 1.54) is 18.4 Å². The Hall–Kier alpha value is -1.68. The largest absolute Gasteiger partial charge is 0.307 e. The highest BCUT2D eigenvalue weighted by molar-refractivity contribution is 5.59. The second-order valence-corrected chi connectivity index (χ2v) is 4.58. The van der Waals surface area contributed by atoms with Gasteiger partial charge in [0.15, 0.2) is 5.82 Å². The van der Waals surface area contributed by atoms with Crippen LogP contribution >= 0.6 is 0 Å². The van der Waals surface area contributed by atoms with Gasteiger partial charge in [0.1, 0.15) is 5.82 Å². The van der Waals surface area contributed by atoms with Crippen LogP contribution in [0.15, 0.2) is 24.3 Å². The molecule has 1 saturated carbocycles. The minimum atomic E-state index is 0.696. The van der Waals surface area contributed by atoms with E-state index in [-0.39, 0.29) is 0 Å². The van der Waals surface area contributed by atoms with E-state index in [9.17, 15) is 0 Å². The highest BCUT2D eigenvalue weighted by Crippen LogP contribution is 2.20. The lowest BCUT2D eigenvalue weighted by Gasteiger charge is -1.99. The zero-order chi connectivity index (χ0) is 11.7. The Balaban J connectivity index is 1.77. The van der Waals surface area contributed by atoms with Gasteiger partial charge in [0.2, 0.25) is 0 Å². The van der Waals surface area contributed by atoms with Crippen molar-refractivity contribution in [2.45, 2.75) is 32.4 Å². The van der Waals surface area contributed by atoms with Gasteiger partial charge in [-0.1, -0.05) is 24.3 Å². The predicted octanol–water partition coefficient (Wildman–Crippen LogP) is 2.03. The summed E-state index contributed by atoms with van der Waals surface area (Å²) in [6.07, 6.45) is 2.58. The average molecular weight is 228 g/mol. The van der Waals surface area contributed by atoms with Crippen molar-refractivity contribution < 1.29 is 0 Å². The van der Waals surface area contributed by atoms with Crippen LogP contribution in [0, 0.1) is 6.92 Å². The molecule has 0 spiro atoms. The predicted molar refractivity (Wildman–Crippen MR) is 66.4 cm³/mol. The summed E-state index contributed by atoms with van der Waals surface area (Å²) >= 11 is 0. The van der Waals surface area contributed by atoms with E-state index >= 15 is 0 Å². The number of H-pyrrole nitrogens is 1. The minimum absolute atomic E-state index is 0.696. The summed E-state index contributed by atoms with van der Waals surface area (Å²) in [6, 6.07) is 8.87. The number of aromatic amines is 1. The van der Waals surface area contributed by atoms with Crippen LogP contribution in [0.25, 0.3) is 11.4 Å². The van der Waals surface area contributed by atoms with E-state index in [0.29, 0.717) is 6.04 Å². The molecule has 1 aromatic heterocycles. The number of benzene rings is 1. The first-order valence-corrected chi connectivity index (χ1v) is 6.03. The Labute approximate surface area is 100 Å². The van der Waals surface area contributed by atoms with Gasteiger partial charge in [-0.15, -0.1) is 0 Å². The summed E-state index contributed by atoms with van der Waals surface area (Å²) in [7, 11) is 0. The molecule has 0 bridgehead atoms. The Bertz CT molecular complexity index is 514. The summed E-state index contributed by atoms with van der Waals surface area (Å²) in [6.45, 7) is 2.86. The second kappa shape index (κ2) is 4.30. The highest BCUT2D eigenvalue weighted by atomic mass is 15.2. The van der Waals surface area contributed by atoms with Crippen molar-refractivity contribution in [3.05, 3.63) is 35.7 Å². The topological polar surface area (TPSA) is 53.6 Å². The van der Waals surface area contributed by atoms with Gasteiger partial charge in [0.25, 0.3) is 0 Å². The lowest BCUT2D eigenvalue weighted by Crippen LogP contribution is -2.16. The van der Waals surface area contributed by atoms with Gasteiger partial charge >= 0.3 is 0 Å². The summed E-state index contributed by atoms with van der Waals surface area (Å²) in [4.78, 5) is 4.51. The number of nitrogens with zero attached hydrogens (tertiary/aromatic N) is 2. The molecule has 2 N–H and O–H groups in total. The van der Waals surface area contributed by atoms with Crippen molar-refractivity contribution in [1.29, 1.82) is 0 Å². The van der Waals surface area contributed by atoms with Gasteiger partial charge in [0, 0.05) is 11.6 Å². The standard InChI is InChI=1S/C13H16N4/c1-9-4-2-3-5-11(9)13-15-12(16-17-13)8-14-10-6-7-10/h2-5,10,14H,6-8H2,1H3,(H,15,16,17). The third-order valence-corrected chi connectivity index (χ3v) is 3.05. The summed E-state index contributed by atoms with van der Waals surface area (Å²) in [5, 5.41) is 10.7. The quantitative estimate of drug-likeness (QED) is 0.842. The lowest BCUT2D eigenvalue weighted by atomic mass is 10.1. The molecule has 0 atom stereocenters. The van der Waals surface area contributed by atoms with Gasteiger partial charge in [-0.05, 0) is 25.3 Å². The first-order valence-electron chi connectivity index (χ1n) is 6.03. The number of hydrogen-bond donors (Lipinski definition) is 2. The number of rotatable bonds is 4. The van der Waals surface area contributed by atoms with Gasteiger partial charge in [-0.3, -0.25) is 5.10 Å². The van der Waals surface area contributed by atoms with E-state index in [2.05, 4.69) is 39.6 Å². The van der Waals surface area contributed by atoms with E-state index in [1.54, 1.807) is 0 Å². The van der Waals surface area contributed by atoms with Crippen LogP contribution in [0.5, 0.6) is 0 Å². The van der Waals surface area contributed by atoms with Crippen LogP contribution < -0.4 is 5.32 Å². The third-order valence-electron chi connectivity index (χ3n) is 3.05. The molecule has 3 rings (SSSR count). The van der Waals surface area contributed by atoms with E-state index in [0.717, 1.165) is 23.8 Å². The molecule has 1 fully saturated rings. The van der Waals surface area contributed by atoms with Gasteiger partial charge in [0.05, 0.1) is 6.54 Å². The van der Waals surface area contributed by atoms with Crippen LogP contribution in [0.1, 0.15) is 24.2 Å². The molecule has 1 aromatic carbocycles. The fourth-order valence-corrected chi connectivity index (χ4v) is 1.85. The Morgan fingerprint density at radius 2 is 2.18 bits per heavy atom. The van der Waals surface area contributed by atoms with Crippen molar-refractivity contribution in [3.8, 4) is 11.4 Å². The molecule has 0 radical (unpaired) electrons. The van der Waals surface area contributed by atoms with Gasteiger partial charge < -0.3 is 5.32 Å². The molecule has 4 heteroatoms. The monoisotopic (exact) mass is 228 g/mol. The SMILES string of the molecule is Cc1ccccc1-c1n[nH]c(CNC2CC2)n1. The van der Waals surface area contributed by atoms with Crippen molar-refractivity contribution >= 4 is 0 Å². The zero-order valence-electron chi connectivity index (χ0n) is 9.90. The smallest absolute Gasteiger partial charge is 0.181 e. The molecule has 0 aliphatic heterocycles. The normalized spacial score (nSPS) is 15.1. The van der Waals surface area contributed by atoms with Crippen LogP contribution in [0.2, 0.25) is 0 Å². The first kappa shape index (κ1) is 10.5. The van der Waals surface area contributed by atoms with Crippen LogP contribution in [0.3, 0.4) is 0 Å². The average Bonchev–Trinajstić information content (AvgIpc) is 3.06. The van der Waals surface area contributed by atoms with Crippen molar-refractivity contribution in [2.24, 2.45) is 0 Å². The van der Waals surface area contributed by atoms with Crippen LogP contribution in [0.4, 0.5) is 0 Å². The molecule has 4 nitrogen and oxygen atoms in total. The van der Waals surface area contributed by atoms with Crippen molar-refractivity contribution in [1.82, 2.24) is 20.5 Å². The number of aryl methyl sites for hydroxylation is 1. The fraction of sp³-hybridized carbons (Fsp3) is 0.385. The number of aromatic nitrogens is 3. The van der Waals surface area contributed by atoms with Crippen LogP contribution in [-0.2, 0) is 6.54 Å². The highest BCUT2D eigenvalue weighted by Gasteiger charge is 2.20. The third kappa shape index (κ3) is 2.36. The zero-order valence-corrected chi connectivity index (χ0v) is 9.90. The summed E-state index contributed by atoms with van der Waals surface area (Å²) in [5.74, 6) is 1.70. The maximum atomic E-state index is 4.51. The number of nitrogens with one attached hydrogen (secondary N) is 2. The summed E-state index contributed by atoms with van der Waals surface area (Å²) < 4.78 is 0. The van der Waals surface area contributed by atoms with Crippen LogP contribution in [-0.4, -0.2) is 21.2 Å². The fourth-order valence-electron chi connectivity index (χ4n) is 1.85. The lowest BCUT2D eigenvalue weighted by molar-refractivity contribution is 0.660. The van der Waals surface area contributed by atoms with Crippen molar-refractivity contribution in [3.63, 3.8) is 0 Å². The minimum Gasteiger partial charge on any atom is -0.307 e. The number of hydrogen-bond acceptors (Lipinski definition) is 3. The van der Waals surface area contributed by atoms with Crippen molar-refractivity contribution in [2.75, 3.05) is 0 Å². The molecule has 2 aromatic rings. The Kier molecular flexibility index (Phi) is 2.65. The maximum Gasteiger partial charge on any atom is 0.181 e. The molecule has 1 aliphatic carbocycles. The molecule has 0 unspecified atom stereocenters. The Morgan fingerprint density at radius 1 is 1.35 bits per heavy atom. The molecule has 17 heavy (non-hydrogen) atoms. The second-order valence-electron chi connectivity index (χ2n) is 4.58. The molecular formula is C13H16N4. The molecule has 0 amide bonds. The summed E-state index contributed by atoms with van der Waals surface area (Å²) in [5.41, 5.74) is 2.30. The molecule has 0 saturated heterocycles. The van der Waals surface area contributed by atoms with E-state index in [1.807, 2.05) is 12.1 Å². The molecular weight excluding hydrogens is 212 g/mol. The van der Waals surface area contributed by atoms with E-state index < -0.39 is 0 Å². The molecule has 1 aliphatic rings. The first-order chi connectivity index (χ1) is 8.33. The maximum absolute atomic E-state index is 4.51. The van der Waals surface area contributed by atoms with Gasteiger partial charge in [-0.25, -0.2) is 4.98 Å². The molecule has 1 heterocycles. The Morgan fingerprint density at radius 3 is 2.94 bits per heavy atom. The van der Waals surface area contributed by atoms with E-state index in [4.69, 9.17) is 0 Å².